The van der Waals surface area contributed by atoms with Crippen LogP contribution in [0.15, 0.2) is 48.8 Å². The van der Waals surface area contributed by atoms with E-state index in [9.17, 15) is 14.4 Å². The molecule has 2 N–H and O–H groups in total. The summed E-state index contributed by atoms with van der Waals surface area (Å²) in [6.45, 7) is 0. The molecule has 8 heteroatoms. The van der Waals surface area contributed by atoms with Crippen LogP contribution in [0.2, 0.25) is 0 Å². The second kappa shape index (κ2) is 6.82. The van der Waals surface area contributed by atoms with Gasteiger partial charge in [-0.25, -0.2) is 0 Å². The molecular formula is C15H15BN4O3. The molecule has 1 atom stereocenters. The smallest absolute Gasteiger partial charge is 0.257 e. The first kappa shape index (κ1) is 16.3. The number of rotatable bonds is 5. The van der Waals surface area contributed by atoms with Crippen LogP contribution in [-0.2, 0) is 14.4 Å². The number of nitrogens with two attached hydrogens (primary N) is 1. The normalized spacial score (nSPS) is 16.8. The molecule has 3 amide bonds. The Morgan fingerprint density at radius 3 is 2.61 bits per heavy atom. The fraction of sp³-hybridized carbons (Fsp3) is 0.133. The molecule has 1 heterocycles. The lowest BCUT2D eigenvalue weighted by molar-refractivity contribution is -0.129. The Morgan fingerprint density at radius 2 is 2.00 bits per heavy atom. The molecule has 0 aliphatic carbocycles. The predicted octanol–water partition coefficient (Wildman–Crippen LogP) is 0.0117. The number of likely N-dealkylation sites (N-methyl/N-ethyl adjacent to an activating group) is 1. The molecule has 1 aromatic carbocycles. The van der Waals surface area contributed by atoms with Crippen molar-refractivity contribution in [1.29, 1.82) is 0 Å². The Labute approximate surface area is 135 Å². The van der Waals surface area contributed by atoms with Crippen LogP contribution in [0.4, 0.5) is 11.4 Å². The van der Waals surface area contributed by atoms with Gasteiger partial charge in [0.1, 0.15) is 6.04 Å². The molecular weight excluding hydrogens is 295 g/mol. The highest BCUT2D eigenvalue weighted by Gasteiger charge is 2.29. The van der Waals surface area contributed by atoms with Crippen molar-refractivity contribution < 1.29 is 14.4 Å². The summed E-state index contributed by atoms with van der Waals surface area (Å²) in [5, 5.41) is 0. The summed E-state index contributed by atoms with van der Waals surface area (Å²) in [6, 6.07) is 6.35. The van der Waals surface area contributed by atoms with E-state index in [0.717, 1.165) is 6.08 Å². The lowest BCUT2D eigenvalue weighted by Gasteiger charge is -2.22. The minimum absolute atomic E-state index is 0.172. The van der Waals surface area contributed by atoms with E-state index in [4.69, 9.17) is 13.7 Å². The van der Waals surface area contributed by atoms with Gasteiger partial charge in [-0.05, 0) is 30.3 Å². The molecule has 0 aromatic heterocycles. The van der Waals surface area contributed by atoms with Crippen LogP contribution >= 0.6 is 0 Å². The van der Waals surface area contributed by atoms with E-state index in [1.807, 2.05) is 0 Å². The summed E-state index contributed by atoms with van der Waals surface area (Å²) >= 11 is 0. The summed E-state index contributed by atoms with van der Waals surface area (Å²) in [5.41, 5.74) is 6.94. The van der Waals surface area contributed by atoms with Gasteiger partial charge in [0.2, 0.25) is 20.3 Å². The van der Waals surface area contributed by atoms with E-state index < -0.39 is 11.9 Å². The van der Waals surface area contributed by atoms with Crippen molar-refractivity contribution in [2.45, 2.75) is 6.04 Å². The van der Waals surface area contributed by atoms with Gasteiger partial charge in [0, 0.05) is 36.9 Å². The number of nitrogens with zero attached hydrogens (tertiary/aromatic N) is 3. The fourth-order valence-electron chi connectivity index (χ4n) is 2.04. The number of benzene rings is 1. The minimum Gasteiger partial charge on any atom is -0.399 e. The monoisotopic (exact) mass is 310 g/mol. The molecule has 0 bridgehead atoms. The fourth-order valence-corrected chi connectivity index (χ4v) is 2.04. The number of imide groups is 1. The average Bonchev–Trinajstić information content (AvgIpc) is 2.94. The van der Waals surface area contributed by atoms with Crippen molar-refractivity contribution in [1.82, 2.24) is 9.71 Å². The van der Waals surface area contributed by atoms with Crippen LogP contribution in [0.3, 0.4) is 0 Å². The van der Waals surface area contributed by atoms with Gasteiger partial charge in [0.05, 0.1) is 0 Å². The van der Waals surface area contributed by atoms with Gasteiger partial charge in [-0.2, -0.15) is 0 Å². The lowest BCUT2D eigenvalue weighted by Crippen LogP contribution is -2.38. The summed E-state index contributed by atoms with van der Waals surface area (Å²) in [6.07, 6.45) is 6.07. The molecule has 116 valence electrons. The molecule has 1 unspecified atom stereocenters. The van der Waals surface area contributed by atoms with Gasteiger partial charge in [-0.1, -0.05) is 0 Å². The first-order valence-corrected chi connectivity index (χ1v) is 6.74. The van der Waals surface area contributed by atoms with E-state index in [-0.39, 0.29) is 12.3 Å². The Hall–Kier alpha value is -3.03. The molecule has 0 fully saturated rings. The first-order chi connectivity index (χ1) is 10.9. The van der Waals surface area contributed by atoms with Gasteiger partial charge < -0.3 is 15.4 Å². The van der Waals surface area contributed by atoms with Crippen molar-refractivity contribution in [2.24, 2.45) is 0 Å². The highest BCUT2D eigenvalue weighted by Crippen LogP contribution is 2.23. The molecule has 7 nitrogen and oxygen atoms in total. The zero-order valence-corrected chi connectivity index (χ0v) is 12.5. The van der Waals surface area contributed by atoms with Crippen LogP contribution in [0.5, 0.6) is 0 Å². The van der Waals surface area contributed by atoms with Crippen LogP contribution in [-0.4, -0.2) is 49.0 Å². The van der Waals surface area contributed by atoms with Crippen molar-refractivity contribution in [3.8, 4) is 0 Å². The van der Waals surface area contributed by atoms with Crippen molar-refractivity contribution >= 4 is 37.6 Å². The quantitative estimate of drug-likeness (QED) is 0.358. The van der Waals surface area contributed by atoms with Gasteiger partial charge in [-0.15, -0.1) is 0 Å². The number of anilines is 2. The zero-order chi connectivity index (χ0) is 17.0. The predicted molar refractivity (Wildman–Crippen MR) is 86.8 cm³/mol. The van der Waals surface area contributed by atoms with Crippen LogP contribution in [0, 0.1) is 0 Å². The van der Waals surface area contributed by atoms with E-state index in [1.165, 1.54) is 11.1 Å². The van der Waals surface area contributed by atoms with Gasteiger partial charge in [0.25, 0.3) is 5.91 Å². The van der Waals surface area contributed by atoms with Gasteiger partial charge in [0.15, 0.2) is 0 Å². The summed E-state index contributed by atoms with van der Waals surface area (Å²) in [7, 11) is 6.78. The van der Waals surface area contributed by atoms with E-state index in [2.05, 4.69) is 0 Å². The maximum Gasteiger partial charge on any atom is 0.257 e. The molecule has 1 aromatic rings. The topological polar surface area (TPSA) is 87.0 Å². The van der Waals surface area contributed by atoms with Crippen LogP contribution in [0.1, 0.15) is 0 Å². The summed E-state index contributed by atoms with van der Waals surface area (Å²) in [5.74, 6) is -0.856. The largest absolute Gasteiger partial charge is 0.399 e. The third-order valence-electron chi connectivity index (χ3n) is 3.34. The number of amides is 3. The average molecular weight is 310 g/mol. The van der Waals surface area contributed by atoms with Crippen LogP contribution < -0.4 is 10.6 Å². The molecule has 0 saturated carbocycles. The second-order valence-electron chi connectivity index (χ2n) is 4.92. The Bertz CT molecular complexity index is 672. The van der Waals surface area contributed by atoms with Gasteiger partial charge >= 0.3 is 0 Å². The first-order valence-electron chi connectivity index (χ1n) is 6.74. The summed E-state index contributed by atoms with van der Waals surface area (Å²) in [4.78, 5) is 37.7. The Morgan fingerprint density at radius 1 is 1.35 bits per heavy atom. The molecule has 23 heavy (non-hydrogen) atoms. The highest BCUT2D eigenvalue weighted by molar-refractivity contribution is 6.22. The number of carbonyl (C=O) groups is 3. The van der Waals surface area contributed by atoms with Crippen molar-refractivity contribution in [3.63, 3.8) is 0 Å². The maximum atomic E-state index is 12.4. The maximum absolute atomic E-state index is 12.4. The number of nitrogen functional groups attached to an aromatic ring is 1. The number of hydrogen-bond donors (Lipinski definition) is 1. The molecule has 1 aliphatic rings. The number of hydrogen-bond acceptors (Lipinski definition) is 5. The van der Waals surface area contributed by atoms with Crippen molar-refractivity contribution in [2.75, 3.05) is 17.7 Å². The lowest BCUT2D eigenvalue weighted by atomic mass is 10.2. The van der Waals surface area contributed by atoms with Crippen LogP contribution in [0.25, 0.3) is 0 Å². The van der Waals surface area contributed by atoms with Crippen molar-refractivity contribution in [3.05, 3.63) is 48.8 Å². The molecule has 1 aliphatic heterocycles. The zero-order valence-electron chi connectivity index (χ0n) is 12.5. The minimum atomic E-state index is -0.684. The Balaban J connectivity index is 2.05. The molecule has 0 saturated heterocycles. The highest BCUT2D eigenvalue weighted by atomic mass is 16.2. The standard InChI is InChI=1S/C15H15BN4O3/c1-18(8-7-14(22)20(16)10-21)13-6-9-19(15(13)23)12-4-2-11(17)3-5-12/h2-10,13H,17H2,1H3/b8-7-. The molecule has 0 spiro atoms. The molecule has 2 rings (SSSR count). The third kappa shape index (κ3) is 3.60. The molecule has 2 radical (unpaired) electrons. The van der Waals surface area contributed by atoms with E-state index in [1.54, 1.807) is 48.5 Å². The number of carbonyl (C=O) groups excluding carboxylic acids is 3. The van der Waals surface area contributed by atoms with E-state index in [0.29, 0.717) is 16.2 Å². The third-order valence-corrected chi connectivity index (χ3v) is 3.34. The SMILES string of the molecule is [B]N(C=O)C(=O)/C=C\N(C)C1C=CN(c2ccc(N)cc2)C1=O. The second-order valence-corrected chi connectivity index (χ2v) is 4.92. The Kier molecular flexibility index (Phi) is 4.85. The van der Waals surface area contributed by atoms with Gasteiger partial charge in [-0.3, -0.25) is 19.3 Å². The van der Waals surface area contributed by atoms with E-state index >= 15 is 0 Å². The summed E-state index contributed by atoms with van der Waals surface area (Å²) < 4.78 is 0.